The number of hydrogen-bond acceptors (Lipinski definition) is 4. The Morgan fingerprint density at radius 1 is 1.00 bits per heavy atom. The molecule has 2 aromatic heterocycles. The van der Waals surface area contributed by atoms with Crippen LogP contribution in [0.15, 0.2) is 55.0 Å². The highest BCUT2D eigenvalue weighted by Gasteiger charge is 2.20. The van der Waals surface area contributed by atoms with Crippen LogP contribution in [0.4, 0.5) is 5.95 Å². The molecule has 1 aliphatic rings. The number of nitrogens with one attached hydrogen (secondary N) is 1. The molecule has 0 bridgehead atoms. The number of para-hydroxylation sites is 1. The second-order valence-electron chi connectivity index (χ2n) is 6.69. The number of piperidine rings is 1. The lowest BCUT2D eigenvalue weighted by atomic mass is 10.1. The van der Waals surface area contributed by atoms with Gasteiger partial charge in [-0.25, -0.2) is 9.97 Å². The van der Waals surface area contributed by atoms with Crippen molar-refractivity contribution in [3.63, 3.8) is 0 Å². The van der Waals surface area contributed by atoms with Gasteiger partial charge in [-0.05, 0) is 49.4 Å². The molecule has 0 amide bonds. The van der Waals surface area contributed by atoms with Gasteiger partial charge < -0.3 is 14.8 Å². The molecule has 3 aromatic rings. The fraction of sp³-hybridized carbons (Fsp3) is 0.400. The highest BCUT2D eigenvalue weighted by molar-refractivity contribution is 5.79. The molecule has 1 aromatic carbocycles. The predicted molar refractivity (Wildman–Crippen MR) is 102 cm³/mol. The van der Waals surface area contributed by atoms with Crippen molar-refractivity contribution in [2.75, 3.05) is 24.5 Å². The summed E-state index contributed by atoms with van der Waals surface area (Å²) in [5.74, 6) is 0.862. The molecule has 25 heavy (non-hydrogen) atoms. The second-order valence-corrected chi connectivity index (χ2v) is 6.69. The van der Waals surface area contributed by atoms with Gasteiger partial charge >= 0.3 is 0 Å². The van der Waals surface area contributed by atoms with Crippen LogP contribution in [0.1, 0.15) is 19.3 Å². The standard InChI is InChI=1S/C20H25N5/c1-2-6-19-17(5-1)7-14-24(19)13-4-12-21-18-8-15-25(16-9-18)20-22-10-3-11-23-20/h1-3,5-7,10-11,14,18,21H,4,8-9,12-13,15-16H2. The molecule has 1 fully saturated rings. The first kappa shape index (κ1) is 16.1. The average molecular weight is 335 g/mol. The first-order valence-corrected chi connectivity index (χ1v) is 9.19. The summed E-state index contributed by atoms with van der Waals surface area (Å²) in [6, 6.07) is 13.3. The molecule has 4 rings (SSSR count). The van der Waals surface area contributed by atoms with Crippen LogP contribution in [-0.4, -0.2) is 40.2 Å². The summed E-state index contributed by atoms with van der Waals surface area (Å²) in [7, 11) is 0. The van der Waals surface area contributed by atoms with Gasteiger partial charge in [0.15, 0.2) is 0 Å². The summed E-state index contributed by atoms with van der Waals surface area (Å²) in [5, 5.41) is 5.05. The van der Waals surface area contributed by atoms with E-state index in [9.17, 15) is 0 Å². The van der Waals surface area contributed by atoms with Crippen molar-refractivity contribution in [2.45, 2.75) is 31.8 Å². The molecule has 130 valence electrons. The molecule has 1 saturated heterocycles. The van der Waals surface area contributed by atoms with Crippen molar-refractivity contribution < 1.29 is 0 Å². The average Bonchev–Trinajstić information content (AvgIpc) is 3.10. The molecule has 1 N–H and O–H groups in total. The first-order chi connectivity index (χ1) is 12.4. The Morgan fingerprint density at radius 2 is 1.80 bits per heavy atom. The van der Waals surface area contributed by atoms with Gasteiger partial charge in [0, 0.05) is 49.8 Å². The fourth-order valence-corrected chi connectivity index (χ4v) is 3.63. The van der Waals surface area contributed by atoms with Crippen LogP contribution in [0, 0.1) is 0 Å². The van der Waals surface area contributed by atoms with E-state index >= 15 is 0 Å². The molecule has 1 aliphatic heterocycles. The predicted octanol–water partition coefficient (Wildman–Crippen LogP) is 3.08. The summed E-state index contributed by atoms with van der Waals surface area (Å²) in [6.07, 6.45) is 9.30. The monoisotopic (exact) mass is 335 g/mol. The van der Waals surface area contributed by atoms with Crippen LogP contribution in [0.5, 0.6) is 0 Å². The molecule has 0 atom stereocenters. The number of aryl methyl sites for hydroxylation is 1. The van der Waals surface area contributed by atoms with Gasteiger partial charge in [-0.2, -0.15) is 0 Å². The Kier molecular flexibility index (Phi) is 4.93. The van der Waals surface area contributed by atoms with E-state index in [-0.39, 0.29) is 0 Å². The highest BCUT2D eigenvalue weighted by Crippen LogP contribution is 2.16. The topological polar surface area (TPSA) is 46.0 Å². The van der Waals surface area contributed by atoms with Gasteiger partial charge in [0.25, 0.3) is 0 Å². The quantitative estimate of drug-likeness (QED) is 0.703. The van der Waals surface area contributed by atoms with E-state index in [1.54, 1.807) is 0 Å². The van der Waals surface area contributed by atoms with Gasteiger partial charge in [0.05, 0.1) is 0 Å². The maximum absolute atomic E-state index is 4.35. The van der Waals surface area contributed by atoms with Gasteiger partial charge in [-0.15, -0.1) is 0 Å². The Morgan fingerprint density at radius 3 is 2.64 bits per heavy atom. The Labute approximate surface area is 148 Å². The third-order valence-electron chi connectivity index (χ3n) is 5.02. The van der Waals surface area contributed by atoms with E-state index < -0.39 is 0 Å². The lowest BCUT2D eigenvalue weighted by molar-refractivity contribution is 0.405. The lowest BCUT2D eigenvalue weighted by Gasteiger charge is -2.32. The molecule has 0 unspecified atom stereocenters. The molecule has 5 heteroatoms. The van der Waals surface area contributed by atoms with Crippen LogP contribution in [0.2, 0.25) is 0 Å². The van der Waals surface area contributed by atoms with E-state index in [1.165, 1.54) is 10.9 Å². The number of nitrogens with zero attached hydrogens (tertiary/aromatic N) is 4. The minimum absolute atomic E-state index is 0.612. The third kappa shape index (κ3) is 3.82. The van der Waals surface area contributed by atoms with Gasteiger partial charge in [0.2, 0.25) is 5.95 Å². The smallest absolute Gasteiger partial charge is 0.225 e. The van der Waals surface area contributed by atoms with E-state index in [0.717, 1.165) is 51.4 Å². The van der Waals surface area contributed by atoms with E-state index in [1.807, 2.05) is 18.5 Å². The largest absolute Gasteiger partial charge is 0.347 e. The Balaban J connectivity index is 1.20. The highest BCUT2D eigenvalue weighted by atomic mass is 15.3. The third-order valence-corrected chi connectivity index (χ3v) is 5.02. The van der Waals surface area contributed by atoms with Gasteiger partial charge in [0.1, 0.15) is 0 Å². The molecule has 0 radical (unpaired) electrons. The number of anilines is 1. The molecule has 0 saturated carbocycles. The SMILES string of the molecule is c1cnc(N2CCC(NCCCn3ccc4ccccc43)CC2)nc1. The number of hydrogen-bond donors (Lipinski definition) is 1. The van der Waals surface area contributed by atoms with Gasteiger partial charge in [-0.3, -0.25) is 0 Å². The number of fused-ring (bicyclic) bond motifs is 1. The summed E-state index contributed by atoms with van der Waals surface area (Å²) in [4.78, 5) is 11.0. The van der Waals surface area contributed by atoms with Crippen molar-refractivity contribution in [1.82, 2.24) is 19.9 Å². The zero-order chi connectivity index (χ0) is 16.9. The molecular formula is C20H25N5. The molecule has 3 heterocycles. The zero-order valence-electron chi connectivity index (χ0n) is 14.5. The van der Waals surface area contributed by atoms with Crippen molar-refractivity contribution >= 4 is 16.9 Å². The normalized spacial score (nSPS) is 15.8. The van der Waals surface area contributed by atoms with Crippen LogP contribution in [0.25, 0.3) is 10.9 Å². The summed E-state index contributed by atoms with van der Waals surface area (Å²) in [6.45, 7) is 4.20. The number of aromatic nitrogens is 3. The van der Waals surface area contributed by atoms with Gasteiger partial charge in [-0.1, -0.05) is 18.2 Å². The van der Waals surface area contributed by atoms with Crippen LogP contribution >= 0.6 is 0 Å². The summed E-state index contributed by atoms with van der Waals surface area (Å²) in [5.41, 5.74) is 1.33. The maximum atomic E-state index is 4.35. The van der Waals surface area contributed by atoms with Crippen LogP contribution in [-0.2, 0) is 6.54 Å². The minimum atomic E-state index is 0.612. The summed E-state index contributed by atoms with van der Waals surface area (Å²) >= 11 is 0. The van der Waals surface area contributed by atoms with E-state index in [4.69, 9.17) is 0 Å². The molecule has 5 nitrogen and oxygen atoms in total. The zero-order valence-corrected chi connectivity index (χ0v) is 14.5. The Bertz CT molecular complexity index is 790. The van der Waals surface area contributed by atoms with E-state index in [2.05, 4.69) is 61.3 Å². The van der Waals surface area contributed by atoms with Crippen LogP contribution < -0.4 is 10.2 Å². The Hall–Kier alpha value is -2.40. The van der Waals surface area contributed by atoms with Crippen molar-refractivity contribution in [3.8, 4) is 0 Å². The molecule has 0 aliphatic carbocycles. The van der Waals surface area contributed by atoms with Crippen molar-refractivity contribution in [2.24, 2.45) is 0 Å². The van der Waals surface area contributed by atoms with Crippen molar-refractivity contribution in [1.29, 1.82) is 0 Å². The van der Waals surface area contributed by atoms with Crippen LogP contribution in [0.3, 0.4) is 0 Å². The minimum Gasteiger partial charge on any atom is -0.347 e. The molecular weight excluding hydrogens is 310 g/mol. The number of benzene rings is 1. The second kappa shape index (κ2) is 7.66. The lowest BCUT2D eigenvalue weighted by Crippen LogP contribution is -2.43. The maximum Gasteiger partial charge on any atom is 0.225 e. The fourth-order valence-electron chi connectivity index (χ4n) is 3.63. The number of rotatable bonds is 6. The molecule has 0 spiro atoms. The first-order valence-electron chi connectivity index (χ1n) is 9.19. The summed E-state index contributed by atoms with van der Waals surface area (Å²) < 4.78 is 2.35. The van der Waals surface area contributed by atoms with E-state index in [0.29, 0.717) is 6.04 Å². The van der Waals surface area contributed by atoms with Crippen molar-refractivity contribution in [3.05, 3.63) is 55.0 Å².